The molecule has 0 bridgehead atoms. The highest BCUT2D eigenvalue weighted by Crippen LogP contribution is 2.35. The van der Waals surface area contributed by atoms with Crippen LogP contribution >= 0.6 is 0 Å². The Balaban J connectivity index is 1.89. The number of aromatic nitrogens is 1. The van der Waals surface area contributed by atoms with E-state index in [-0.39, 0.29) is 29.3 Å². The van der Waals surface area contributed by atoms with E-state index in [4.69, 9.17) is 4.74 Å². The third-order valence-corrected chi connectivity index (χ3v) is 5.84. The summed E-state index contributed by atoms with van der Waals surface area (Å²) < 4.78 is 5.39. The molecule has 2 N–H and O–H groups in total. The van der Waals surface area contributed by atoms with Gasteiger partial charge in [-0.25, -0.2) is 4.98 Å². The Morgan fingerprint density at radius 2 is 1.97 bits per heavy atom. The maximum absolute atomic E-state index is 13.2. The molecule has 6 nitrogen and oxygen atoms in total. The second kappa shape index (κ2) is 8.13. The summed E-state index contributed by atoms with van der Waals surface area (Å²) in [6.45, 7) is 2.01. The maximum Gasteiger partial charge on any atom is 0.270 e. The molecule has 0 saturated heterocycles. The van der Waals surface area contributed by atoms with Crippen molar-refractivity contribution in [1.29, 1.82) is 5.26 Å². The van der Waals surface area contributed by atoms with Crippen molar-refractivity contribution in [3.8, 4) is 22.9 Å². The van der Waals surface area contributed by atoms with Crippen LogP contribution < -0.4 is 10.1 Å². The fourth-order valence-electron chi connectivity index (χ4n) is 4.20. The van der Waals surface area contributed by atoms with Gasteiger partial charge in [-0.15, -0.1) is 0 Å². The monoisotopic (exact) mass is 401 g/mol. The number of nitrogens with zero attached hydrogens (tertiary/aromatic N) is 2. The highest BCUT2D eigenvalue weighted by atomic mass is 16.5. The molecule has 1 aliphatic carbocycles. The Bertz CT molecular complexity index is 1130. The van der Waals surface area contributed by atoms with Gasteiger partial charge in [0, 0.05) is 10.9 Å². The number of fused-ring (bicyclic) bond motifs is 1. The molecule has 0 radical (unpaired) electrons. The standard InChI is InChI=1S/C24H23N3O3/c1-14-8-11-20(28)22(14)27-24(29)23-17-10-9-16(30-2)12-18(17)21(19(13-25)26-23)15-6-4-3-5-7-15/h3-7,9-10,12,14,20,22,28H,8,11H2,1-2H3,(H,27,29). The predicted molar refractivity (Wildman–Crippen MR) is 114 cm³/mol. The van der Waals surface area contributed by atoms with Gasteiger partial charge in [-0.3, -0.25) is 4.79 Å². The Labute approximate surface area is 175 Å². The number of carbonyl (C=O) groups is 1. The van der Waals surface area contributed by atoms with Gasteiger partial charge in [0.05, 0.1) is 19.3 Å². The van der Waals surface area contributed by atoms with Crippen molar-refractivity contribution < 1.29 is 14.6 Å². The van der Waals surface area contributed by atoms with Crippen LogP contribution in [0, 0.1) is 17.2 Å². The molecular formula is C24H23N3O3. The second-order valence-electron chi connectivity index (χ2n) is 7.69. The van der Waals surface area contributed by atoms with Gasteiger partial charge in [-0.2, -0.15) is 5.26 Å². The van der Waals surface area contributed by atoms with Gasteiger partial charge in [-0.1, -0.05) is 37.3 Å². The normalized spacial score (nSPS) is 20.7. The first-order valence-electron chi connectivity index (χ1n) is 9.99. The number of pyridine rings is 1. The second-order valence-corrected chi connectivity index (χ2v) is 7.69. The van der Waals surface area contributed by atoms with Gasteiger partial charge >= 0.3 is 0 Å². The van der Waals surface area contributed by atoms with Crippen molar-refractivity contribution in [2.24, 2.45) is 5.92 Å². The lowest BCUT2D eigenvalue weighted by Crippen LogP contribution is -2.43. The van der Waals surface area contributed by atoms with Crippen molar-refractivity contribution >= 4 is 16.7 Å². The van der Waals surface area contributed by atoms with Crippen LogP contribution in [0.3, 0.4) is 0 Å². The number of carbonyl (C=O) groups excluding carboxylic acids is 1. The van der Waals surface area contributed by atoms with Crippen molar-refractivity contribution in [2.45, 2.75) is 31.9 Å². The summed E-state index contributed by atoms with van der Waals surface area (Å²) in [6, 6.07) is 16.7. The molecule has 152 valence electrons. The molecule has 1 fully saturated rings. The van der Waals surface area contributed by atoms with E-state index in [9.17, 15) is 15.2 Å². The lowest BCUT2D eigenvalue weighted by molar-refractivity contribution is 0.0847. The summed E-state index contributed by atoms with van der Waals surface area (Å²) in [6.07, 6.45) is 0.941. The summed E-state index contributed by atoms with van der Waals surface area (Å²) >= 11 is 0. The Kier molecular flexibility index (Phi) is 5.39. The quantitative estimate of drug-likeness (QED) is 0.695. The summed E-state index contributed by atoms with van der Waals surface area (Å²) in [5.74, 6) is 0.411. The number of amides is 1. The minimum atomic E-state index is -0.575. The molecule has 2 aromatic carbocycles. The number of benzene rings is 2. The summed E-state index contributed by atoms with van der Waals surface area (Å²) in [7, 11) is 1.58. The lowest BCUT2D eigenvalue weighted by Gasteiger charge is -2.21. The maximum atomic E-state index is 13.2. The Morgan fingerprint density at radius 1 is 1.20 bits per heavy atom. The number of rotatable bonds is 4. The minimum Gasteiger partial charge on any atom is -0.497 e. The third-order valence-electron chi connectivity index (χ3n) is 5.84. The number of hydrogen-bond donors (Lipinski definition) is 2. The highest BCUT2D eigenvalue weighted by Gasteiger charge is 2.34. The first-order chi connectivity index (χ1) is 14.5. The first kappa shape index (κ1) is 19.9. The zero-order valence-electron chi connectivity index (χ0n) is 16.9. The molecule has 3 atom stereocenters. The van der Waals surface area contributed by atoms with Crippen LogP contribution in [0.15, 0.2) is 48.5 Å². The van der Waals surface area contributed by atoms with E-state index in [1.54, 1.807) is 19.2 Å². The van der Waals surface area contributed by atoms with Crippen LogP contribution in [0.5, 0.6) is 5.75 Å². The van der Waals surface area contributed by atoms with Crippen LogP contribution in [-0.2, 0) is 0 Å². The average molecular weight is 401 g/mol. The van der Waals surface area contributed by atoms with E-state index in [0.29, 0.717) is 23.1 Å². The molecule has 3 aromatic rings. The molecule has 1 heterocycles. The first-order valence-corrected chi connectivity index (χ1v) is 9.99. The van der Waals surface area contributed by atoms with E-state index >= 15 is 0 Å². The molecule has 0 spiro atoms. The van der Waals surface area contributed by atoms with Gasteiger partial charge in [0.1, 0.15) is 23.2 Å². The zero-order chi connectivity index (χ0) is 21.3. The van der Waals surface area contributed by atoms with E-state index < -0.39 is 6.10 Å². The number of hydrogen-bond acceptors (Lipinski definition) is 5. The number of methoxy groups -OCH3 is 1. The largest absolute Gasteiger partial charge is 0.497 e. The average Bonchev–Trinajstić information content (AvgIpc) is 3.09. The molecule has 30 heavy (non-hydrogen) atoms. The molecule has 0 aliphatic heterocycles. The van der Waals surface area contributed by atoms with Gasteiger partial charge in [0.25, 0.3) is 5.91 Å². The third kappa shape index (κ3) is 3.49. The Hall–Kier alpha value is -3.43. The molecule has 1 amide bonds. The van der Waals surface area contributed by atoms with Crippen LogP contribution in [-0.4, -0.2) is 35.3 Å². The fourth-order valence-corrected chi connectivity index (χ4v) is 4.20. The molecule has 1 saturated carbocycles. The van der Waals surface area contributed by atoms with Gasteiger partial charge in [0.15, 0.2) is 0 Å². The van der Waals surface area contributed by atoms with E-state index in [0.717, 1.165) is 17.4 Å². The van der Waals surface area contributed by atoms with Crippen LogP contribution in [0.25, 0.3) is 21.9 Å². The molecule has 1 aromatic heterocycles. The van der Waals surface area contributed by atoms with Crippen molar-refractivity contribution in [3.63, 3.8) is 0 Å². The molecule has 6 heteroatoms. The number of nitrogens with one attached hydrogen (secondary N) is 1. The van der Waals surface area contributed by atoms with Crippen molar-refractivity contribution in [1.82, 2.24) is 10.3 Å². The van der Waals surface area contributed by atoms with E-state index in [1.165, 1.54) is 0 Å². The van der Waals surface area contributed by atoms with Gasteiger partial charge in [-0.05, 0) is 47.9 Å². The Morgan fingerprint density at radius 3 is 2.60 bits per heavy atom. The van der Waals surface area contributed by atoms with Crippen LogP contribution in [0.1, 0.15) is 35.9 Å². The zero-order valence-corrected chi connectivity index (χ0v) is 16.9. The minimum absolute atomic E-state index is 0.173. The smallest absolute Gasteiger partial charge is 0.270 e. The lowest BCUT2D eigenvalue weighted by atomic mass is 9.95. The summed E-state index contributed by atoms with van der Waals surface area (Å²) in [4.78, 5) is 17.6. The number of aliphatic hydroxyl groups excluding tert-OH is 1. The van der Waals surface area contributed by atoms with Gasteiger partial charge < -0.3 is 15.2 Å². The summed E-state index contributed by atoms with van der Waals surface area (Å²) in [5, 5.41) is 24.3. The molecule has 3 unspecified atom stereocenters. The number of aliphatic hydroxyl groups is 1. The topological polar surface area (TPSA) is 95.2 Å². The predicted octanol–water partition coefficient (Wildman–Crippen LogP) is 3.67. The van der Waals surface area contributed by atoms with Crippen molar-refractivity contribution in [2.75, 3.05) is 7.11 Å². The van der Waals surface area contributed by atoms with Gasteiger partial charge in [0.2, 0.25) is 0 Å². The van der Waals surface area contributed by atoms with E-state index in [1.807, 2.05) is 43.3 Å². The fraction of sp³-hybridized carbons (Fsp3) is 0.292. The van der Waals surface area contributed by atoms with Crippen LogP contribution in [0.2, 0.25) is 0 Å². The molecular weight excluding hydrogens is 378 g/mol. The molecule has 4 rings (SSSR count). The SMILES string of the molecule is COc1ccc2c(C(=O)NC3C(C)CCC3O)nc(C#N)c(-c3ccccc3)c2c1. The molecule has 1 aliphatic rings. The highest BCUT2D eigenvalue weighted by molar-refractivity contribution is 6.10. The number of nitriles is 1. The van der Waals surface area contributed by atoms with Crippen molar-refractivity contribution in [3.05, 3.63) is 59.9 Å². The van der Waals surface area contributed by atoms with Crippen LogP contribution in [0.4, 0.5) is 0 Å². The summed E-state index contributed by atoms with van der Waals surface area (Å²) in [5.41, 5.74) is 1.85. The van der Waals surface area contributed by atoms with E-state index in [2.05, 4.69) is 16.4 Å². The number of ether oxygens (including phenoxy) is 1.